The average Bonchev–Trinajstić information content (AvgIpc) is 3.23. The molecule has 0 bridgehead atoms. The van der Waals surface area contributed by atoms with Crippen LogP contribution in [-0.2, 0) is 0 Å². The van der Waals surface area contributed by atoms with Gasteiger partial charge in [0.1, 0.15) is 0 Å². The van der Waals surface area contributed by atoms with E-state index in [1.807, 2.05) is 48.5 Å². The third-order valence-electron chi connectivity index (χ3n) is 12.8. The predicted octanol–water partition coefficient (Wildman–Crippen LogP) is 3.64. The van der Waals surface area contributed by atoms with E-state index in [9.17, 15) is 19.2 Å². The number of carbonyl (C=O) groups is 4. The highest BCUT2D eigenvalue weighted by Crippen LogP contribution is 2.46. The Morgan fingerprint density at radius 3 is 0.893 bits per heavy atom. The van der Waals surface area contributed by atoms with Crippen LogP contribution in [0.15, 0.2) is 48.5 Å². The zero-order valence-corrected chi connectivity index (χ0v) is 32.2. The minimum absolute atomic E-state index is 0.255. The van der Waals surface area contributed by atoms with Crippen LogP contribution in [0.5, 0.6) is 0 Å². The van der Waals surface area contributed by atoms with E-state index < -0.39 is 0 Å². The zero-order valence-electron chi connectivity index (χ0n) is 32.2. The molecule has 4 N–H and O–H groups in total. The highest BCUT2D eigenvalue weighted by molar-refractivity contribution is 6.41. The topological polar surface area (TPSA) is 140 Å². The second-order valence-corrected chi connectivity index (χ2v) is 16.0. The van der Waals surface area contributed by atoms with Gasteiger partial charge in [-0.1, -0.05) is 24.3 Å². The Labute approximate surface area is 327 Å². The van der Waals surface area contributed by atoms with Crippen molar-refractivity contribution < 1.29 is 19.2 Å². The fourth-order valence-electron chi connectivity index (χ4n) is 9.78. The van der Waals surface area contributed by atoms with Gasteiger partial charge < -0.3 is 31.1 Å². The minimum atomic E-state index is -0.255. The lowest BCUT2D eigenvalue weighted by Gasteiger charge is -2.35. The molecule has 0 spiro atoms. The monoisotopic (exact) mass is 756 g/mol. The maximum absolute atomic E-state index is 14.0. The maximum Gasteiger partial charge on any atom is 0.261 e. The van der Waals surface area contributed by atoms with Gasteiger partial charge in [-0.15, -0.1) is 0 Å². The average molecular weight is 757 g/mol. The second-order valence-electron chi connectivity index (χ2n) is 16.0. The van der Waals surface area contributed by atoms with Crippen molar-refractivity contribution in [3.8, 4) is 0 Å². The van der Waals surface area contributed by atoms with Crippen LogP contribution in [0, 0.1) is 0 Å². The predicted molar refractivity (Wildman–Crippen MR) is 221 cm³/mol. The zero-order chi connectivity index (χ0) is 38.5. The van der Waals surface area contributed by atoms with Crippen molar-refractivity contribution in [2.45, 2.75) is 25.7 Å². The van der Waals surface area contributed by atoms with Crippen LogP contribution in [0.4, 0.5) is 0 Å². The van der Waals surface area contributed by atoms with Gasteiger partial charge in [-0.05, 0) is 122 Å². The lowest BCUT2D eigenvalue weighted by molar-refractivity contribution is 0.0582. The number of piperazine rings is 2. The number of carbonyl (C=O) groups excluding carboxylic acids is 4. The van der Waals surface area contributed by atoms with Crippen LogP contribution in [0.1, 0.15) is 67.1 Å². The molecule has 0 radical (unpaired) electrons. The molecule has 4 amide bonds. The largest absolute Gasteiger partial charge is 0.330 e. The molecule has 4 aliphatic heterocycles. The summed E-state index contributed by atoms with van der Waals surface area (Å²) in [4.78, 5) is 68.7. The van der Waals surface area contributed by atoms with Gasteiger partial charge in [0.2, 0.25) is 0 Å². The van der Waals surface area contributed by atoms with Gasteiger partial charge in [0.15, 0.2) is 0 Å². The molecule has 292 valence electrons. The molecule has 9 rings (SSSR count). The van der Waals surface area contributed by atoms with Gasteiger partial charge >= 0.3 is 0 Å². The molecule has 5 aromatic rings. The molecule has 2 saturated heterocycles. The van der Waals surface area contributed by atoms with E-state index in [0.29, 0.717) is 59.2 Å². The molecule has 0 atom stereocenters. The molecule has 56 heavy (non-hydrogen) atoms. The molecule has 0 saturated carbocycles. The Kier molecular flexibility index (Phi) is 10.2. The molecule has 5 aromatic carbocycles. The summed E-state index contributed by atoms with van der Waals surface area (Å²) in [6.45, 7) is 13.9. The Morgan fingerprint density at radius 1 is 0.357 bits per heavy atom. The van der Waals surface area contributed by atoms with Gasteiger partial charge in [0.25, 0.3) is 23.6 Å². The number of benzene rings is 5. The summed E-state index contributed by atoms with van der Waals surface area (Å²) in [6, 6.07) is 15.3. The Bertz CT molecular complexity index is 2060. The number of rotatable bonds is 14. The number of amides is 4. The van der Waals surface area contributed by atoms with E-state index in [2.05, 4.69) is 19.6 Å². The van der Waals surface area contributed by atoms with Gasteiger partial charge in [0, 0.05) is 98.5 Å². The lowest BCUT2D eigenvalue weighted by atomic mass is 9.82. The Balaban J connectivity index is 0.952. The van der Waals surface area contributed by atoms with Crippen LogP contribution in [0.25, 0.3) is 43.1 Å². The summed E-state index contributed by atoms with van der Waals surface area (Å²) in [7, 11) is 0. The minimum Gasteiger partial charge on any atom is -0.330 e. The summed E-state index contributed by atoms with van der Waals surface area (Å²) in [5.74, 6) is -1.02. The van der Waals surface area contributed by atoms with Gasteiger partial charge in [-0.2, -0.15) is 0 Å². The van der Waals surface area contributed by atoms with Crippen LogP contribution < -0.4 is 11.5 Å². The molecule has 4 aliphatic rings. The number of fused-ring (bicyclic) bond motifs is 2. The molecule has 4 heterocycles. The standard InChI is InChI=1S/C44H52N8O4/c45-13-1-15-47-21-25-49(26-22-47)17-3-19-51-41(53)33-9-5-29-31-7-11-35-40-36(12-8-32(38(31)40)30-6-10-34(42(51)54)39(33)37(29)30)44(56)52(43(35)55)20-4-18-50-27-23-48(24-28-50)16-2-14-46/h5-12H,1-4,13-28,45-46H2. The van der Waals surface area contributed by atoms with Crippen LogP contribution in [0.3, 0.4) is 0 Å². The maximum atomic E-state index is 14.0. The van der Waals surface area contributed by atoms with Crippen molar-refractivity contribution in [1.29, 1.82) is 0 Å². The summed E-state index contributed by atoms with van der Waals surface area (Å²) in [5.41, 5.74) is 13.5. The molecular weight excluding hydrogens is 705 g/mol. The molecule has 12 heteroatoms. The van der Waals surface area contributed by atoms with Crippen molar-refractivity contribution in [2.24, 2.45) is 11.5 Å². The normalized spacial score (nSPS) is 19.0. The second kappa shape index (κ2) is 15.4. The molecular formula is C44H52N8O4. The third-order valence-corrected chi connectivity index (χ3v) is 12.8. The van der Waals surface area contributed by atoms with Crippen molar-refractivity contribution in [1.82, 2.24) is 29.4 Å². The highest BCUT2D eigenvalue weighted by Gasteiger charge is 2.37. The van der Waals surface area contributed by atoms with Gasteiger partial charge in [-0.3, -0.25) is 29.0 Å². The number of imide groups is 2. The van der Waals surface area contributed by atoms with E-state index in [1.54, 1.807) is 0 Å². The summed E-state index contributed by atoms with van der Waals surface area (Å²) in [5, 5.41) is 6.75. The van der Waals surface area contributed by atoms with Gasteiger partial charge in [0.05, 0.1) is 0 Å². The lowest BCUT2D eigenvalue weighted by Crippen LogP contribution is -2.48. The molecule has 0 unspecified atom stereocenters. The van der Waals surface area contributed by atoms with Crippen molar-refractivity contribution in [3.63, 3.8) is 0 Å². The smallest absolute Gasteiger partial charge is 0.261 e. The highest BCUT2D eigenvalue weighted by atomic mass is 16.2. The van der Waals surface area contributed by atoms with E-state index in [4.69, 9.17) is 11.5 Å². The van der Waals surface area contributed by atoms with E-state index in [-0.39, 0.29) is 23.6 Å². The summed E-state index contributed by atoms with van der Waals surface area (Å²) >= 11 is 0. The Morgan fingerprint density at radius 2 is 0.625 bits per heavy atom. The van der Waals surface area contributed by atoms with E-state index in [1.165, 1.54) is 9.80 Å². The molecule has 0 aliphatic carbocycles. The first kappa shape index (κ1) is 37.0. The van der Waals surface area contributed by atoms with Crippen molar-refractivity contribution in [2.75, 3.05) is 105 Å². The van der Waals surface area contributed by atoms with Crippen LogP contribution in [0.2, 0.25) is 0 Å². The van der Waals surface area contributed by atoms with Crippen molar-refractivity contribution >= 4 is 66.7 Å². The first-order valence-electron chi connectivity index (χ1n) is 20.6. The van der Waals surface area contributed by atoms with Crippen molar-refractivity contribution in [3.05, 3.63) is 70.8 Å². The number of nitrogens with zero attached hydrogens (tertiary/aromatic N) is 6. The summed E-state index contributed by atoms with van der Waals surface area (Å²) < 4.78 is 0. The van der Waals surface area contributed by atoms with E-state index in [0.717, 1.165) is 137 Å². The molecule has 0 aromatic heterocycles. The molecule has 12 nitrogen and oxygen atoms in total. The summed E-state index contributed by atoms with van der Waals surface area (Å²) in [6.07, 6.45) is 3.46. The quantitative estimate of drug-likeness (QED) is 0.0982. The molecule has 2 fully saturated rings. The third kappa shape index (κ3) is 6.32. The SMILES string of the molecule is NCCCN1CCN(CCCN2C(=O)c3ccc4c5ccc6c7c(ccc(c8ccc(c3c48)C2=O)c75)C(=O)N(CCCN2CCN(CCCN)CC2)C6=O)CC1. The number of hydrogen-bond donors (Lipinski definition) is 2. The first-order chi connectivity index (χ1) is 27.4. The number of hydrogen-bond acceptors (Lipinski definition) is 10. The van der Waals surface area contributed by atoms with Gasteiger partial charge in [-0.25, -0.2) is 0 Å². The fraction of sp³-hybridized carbons (Fsp3) is 0.455. The van der Waals surface area contributed by atoms with Crippen LogP contribution >= 0.6 is 0 Å². The Hall–Kier alpha value is -4.56. The van der Waals surface area contributed by atoms with E-state index >= 15 is 0 Å². The van der Waals surface area contributed by atoms with Crippen LogP contribution in [-0.4, -0.2) is 158 Å². The number of nitrogens with two attached hydrogens (primary N) is 2. The fourth-order valence-corrected chi connectivity index (χ4v) is 9.78. The first-order valence-corrected chi connectivity index (χ1v) is 20.6.